The van der Waals surface area contributed by atoms with Gasteiger partial charge in [0.2, 0.25) is 5.91 Å². The maximum absolute atomic E-state index is 10.8. The molecule has 2 amide bonds. The van der Waals surface area contributed by atoms with E-state index in [2.05, 4.69) is 15.0 Å². The van der Waals surface area contributed by atoms with Crippen molar-refractivity contribution in [3.05, 3.63) is 12.0 Å². The summed E-state index contributed by atoms with van der Waals surface area (Å²) in [4.78, 5) is 25.1. The van der Waals surface area contributed by atoms with Crippen LogP contribution in [0.5, 0.6) is 0 Å². The number of carbonyl (C=O) groups excluding carboxylic acids is 2. The highest BCUT2D eigenvalue weighted by molar-refractivity contribution is 5.87. The third-order valence-corrected chi connectivity index (χ3v) is 1.73. The Kier molecular flexibility index (Phi) is 3.27. The number of hydrogen-bond acceptors (Lipinski definition) is 4. The van der Waals surface area contributed by atoms with E-state index in [1.54, 1.807) is 11.6 Å². The Morgan fingerprint density at radius 3 is 2.87 bits per heavy atom. The first kappa shape index (κ1) is 11.0. The van der Waals surface area contributed by atoms with Crippen molar-refractivity contribution in [2.75, 3.05) is 5.32 Å². The highest BCUT2D eigenvalue weighted by Crippen LogP contribution is 2.09. The standard InChI is InChI=1S/C8H12N4O3/c1-5(13)11-6-3-10-7(12(6)2)4-15-8(9)14/h3H,4H2,1-2H3,(H2,9,14)(H,11,13). The number of carbonyl (C=O) groups is 2. The summed E-state index contributed by atoms with van der Waals surface area (Å²) in [6, 6.07) is 0. The van der Waals surface area contributed by atoms with Gasteiger partial charge < -0.3 is 20.4 Å². The Morgan fingerprint density at radius 1 is 1.67 bits per heavy atom. The number of amides is 2. The van der Waals surface area contributed by atoms with Crippen LogP contribution in [0.4, 0.5) is 10.6 Å². The molecule has 0 aliphatic heterocycles. The second-order valence-electron chi connectivity index (χ2n) is 2.91. The number of imidazole rings is 1. The molecule has 7 nitrogen and oxygen atoms in total. The summed E-state index contributed by atoms with van der Waals surface area (Å²) in [5, 5.41) is 2.57. The Morgan fingerprint density at radius 2 is 2.33 bits per heavy atom. The lowest BCUT2D eigenvalue weighted by atomic mass is 10.6. The fourth-order valence-corrected chi connectivity index (χ4v) is 1.01. The Labute approximate surface area is 86.2 Å². The van der Waals surface area contributed by atoms with Crippen LogP contribution in [0.1, 0.15) is 12.7 Å². The molecular weight excluding hydrogens is 200 g/mol. The van der Waals surface area contributed by atoms with Gasteiger partial charge in [0.15, 0.2) is 6.61 Å². The Balaban J connectivity index is 2.70. The number of rotatable bonds is 3. The molecule has 82 valence electrons. The van der Waals surface area contributed by atoms with Crippen LogP contribution in [-0.2, 0) is 23.2 Å². The van der Waals surface area contributed by atoms with Crippen molar-refractivity contribution in [1.29, 1.82) is 0 Å². The number of hydrogen-bond donors (Lipinski definition) is 2. The van der Waals surface area contributed by atoms with Gasteiger partial charge in [-0.15, -0.1) is 0 Å². The maximum Gasteiger partial charge on any atom is 0.404 e. The zero-order chi connectivity index (χ0) is 11.4. The van der Waals surface area contributed by atoms with Crippen LogP contribution >= 0.6 is 0 Å². The smallest absolute Gasteiger partial charge is 0.404 e. The molecule has 0 bridgehead atoms. The number of primary amides is 1. The van der Waals surface area contributed by atoms with E-state index in [0.29, 0.717) is 11.6 Å². The van der Waals surface area contributed by atoms with E-state index in [4.69, 9.17) is 5.73 Å². The molecule has 0 aliphatic carbocycles. The van der Waals surface area contributed by atoms with E-state index in [0.717, 1.165) is 0 Å². The summed E-state index contributed by atoms with van der Waals surface area (Å²) in [5.41, 5.74) is 4.81. The van der Waals surface area contributed by atoms with Crippen molar-refractivity contribution < 1.29 is 14.3 Å². The molecule has 0 saturated carbocycles. The molecule has 0 spiro atoms. The summed E-state index contributed by atoms with van der Waals surface area (Å²) >= 11 is 0. The molecule has 0 atom stereocenters. The van der Waals surface area contributed by atoms with Crippen LogP contribution in [0.3, 0.4) is 0 Å². The fourth-order valence-electron chi connectivity index (χ4n) is 1.01. The molecule has 0 aromatic carbocycles. The zero-order valence-electron chi connectivity index (χ0n) is 8.48. The molecule has 0 fully saturated rings. The molecule has 7 heteroatoms. The van der Waals surface area contributed by atoms with Gasteiger partial charge in [-0.05, 0) is 0 Å². The van der Waals surface area contributed by atoms with E-state index in [1.165, 1.54) is 13.1 Å². The summed E-state index contributed by atoms with van der Waals surface area (Å²) in [7, 11) is 1.69. The Bertz CT molecular complexity index is 385. The second kappa shape index (κ2) is 4.45. The van der Waals surface area contributed by atoms with Crippen molar-refractivity contribution in [2.45, 2.75) is 13.5 Å². The average Bonchev–Trinajstić information content (AvgIpc) is 2.44. The van der Waals surface area contributed by atoms with Gasteiger partial charge in [-0.2, -0.15) is 0 Å². The largest absolute Gasteiger partial charge is 0.442 e. The first-order chi connectivity index (χ1) is 7.00. The molecule has 1 aromatic rings. The molecule has 0 aliphatic rings. The van der Waals surface area contributed by atoms with Gasteiger partial charge in [0.05, 0.1) is 6.20 Å². The predicted octanol–water partition coefficient (Wildman–Crippen LogP) is -0.0262. The number of nitrogens with two attached hydrogens (primary N) is 1. The highest BCUT2D eigenvalue weighted by atomic mass is 16.5. The Hall–Kier alpha value is -2.05. The van der Waals surface area contributed by atoms with Crippen molar-refractivity contribution >= 4 is 17.8 Å². The molecule has 1 aromatic heterocycles. The third-order valence-electron chi connectivity index (χ3n) is 1.73. The SMILES string of the molecule is CC(=O)Nc1cnc(COC(N)=O)n1C. The summed E-state index contributed by atoms with van der Waals surface area (Å²) in [6.45, 7) is 1.37. The third kappa shape index (κ3) is 2.97. The lowest BCUT2D eigenvalue weighted by Crippen LogP contribution is -2.15. The average molecular weight is 212 g/mol. The van der Waals surface area contributed by atoms with E-state index in [-0.39, 0.29) is 12.5 Å². The quantitative estimate of drug-likeness (QED) is 0.735. The van der Waals surface area contributed by atoms with Crippen molar-refractivity contribution in [3.63, 3.8) is 0 Å². The topological polar surface area (TPSA) is 99.2 Å². The molecule has 0 saturated heterocycles. The van der Waals surface area contributed by atoms with E-state index >= 15 is 0 Å². The number of anilines is 1. The first-order valence-electron chi connectivity index (χ1n) is 4.21. The lowest BCUT2D eigenvalue weighted by Gasteiger charge is -2.05. The van der Waals surface area contributed by atoms with Crippen LogP contribution in [0.15, 0.2) is 6.20 Å². The van der Waals surface area contributed by atoms with E-state index in [9.17, 15) is 9.59 Å². The summed E-state index contributed by atoms with van der Waals surface area (Å²) in [6.07, 6.45) is 0.611. The van der Waals surface area contributed by atoms with Gasteiger partial charge in [0.1, 0.15) is 11.6 Å². The summed E-state index contributed by atoms with van der Waals surface area (Å²) in [5.74, 6) is 0.837. The maximum atomic E-state index is 10.8. The zero-order valence-corrected chi connectivity index (χ0v) is 8.48. The van der Waals surface area contributed by atoms with Gasteiger partial charge in [0.25, 0.3) is 0 Å². The minimum absolute atomic E-state index is 0.0224. The van der Waals surface area contributed by atoms with Crippen LogP contribution in [0.25, 0.3) is 0 Å². The van der Waals surface area contributed by atoms with Crippen LogP contribution in [-0.4, -0.2) is 21.6 Å². The van der Waals surface area contributed by atoms with Crippen LogP contribution in [0, 0.1) is 0 Å². The van der Waals surface area contributed by atoms with E-state index < -0.39 is 6.09 Å². The van der Waals surface area contributed by atoms with Gasteiger partial charge >= 0.3 is 6.09 Å². The lowest BCUT2D eigenvalue weighted by molar-refractivity contribution is -0.114. The van der Waals surface area contributed by atoms with Gasteiger partial charge in [-0.3, -0.25) is 4.79 Å². The van der Waals surface area contributed by atoms with Crippen molar-refractivity contribution in [2.24, 2.45) is 12.8 Å². The first-order valence-corrected chi connectivity index (χ1v) is 4.21. The molecule has 15 heavy (non-hydrogen) atoms. The highest BCUT2D eigenvalue weighted by Gasteiger charge is 2.08. The van der Waals surface area contributed by atoms with Crippen molar-refractivity contribution in [1.82, 2.24) is 9.55 Å². The van der Waals surface area contributed by atoms with Gasteiger partial charge in [0, 0.05) is 14.0 Å². The molecular formula is C8H12N4O3. The fraction of sp³-hybridized carbons (Fsp3) is 0.375. The number of nitrogens with zero attached hydrogens (tertiary/aromatic N) is 2. The normalized spacial score (nSPS) is 9.73. The van der Waals surface area contributed by atoms with Gasteiger partial charge in [-0.25, -0.2) is 9.78 Å². The predicted molar refractivity (Wildman–Crippen MR) is 51.9 cm³/mol. The van der Waals surface area contributed by atoms with Crippen LogP contribution < -0.4 is 11.1 Å². The molecule has 1 rings (SSSR count). The van der Waals surface area contributed by atoms with Gasteiger partial charge in [-0.1, -0.05) is 0 Å². The molecule has 1 heterocycles. The molecule has 0 unspecified atom stereocenters. The number of nitrogens with one attached hydrogen (secondary N) is 1. The van der Waals surface area contributed by atoms with Crippen LogP contribution in [0.2, 0.25) is 0 Å². The second-order valence-corrected chi connectivity index (χ2v) is 2.91. The summed E-state index contributed by atoms with van der Waals surface area (Å²) < 4.78 is 6.17. The number of ether oxygens (including phenoxy) is 1. The van der Waals surface area contributed by atoms with E-state index in [1.807, 2.05) is 0 Å². The number of aromatic nitrogens is 2. The van der Waals surface area contributed by atoms with Crippen molar-refractivity contribution in [3.8, 4) is 0 Å². The molecule has 3 N–H and O–H groups in total. The monoisotopic (exact) mass is 212 g/mol. The minimum Gasteiger partial charge on any atom is -0.442 e. The minimum atomic E-state index is -0.862. The molecule has 0 radical (unpaired) electrons.